The van der Waals surface area contributed by atoms with Gasteiger partial charge in [-0.2, -0.15) is 4.98 Å². The van der Waals surface area contributed by atoms with E-state index in [9.17, 15) is 4.79 Å². The van der Waals surface area contributed by atoms with Crippen LogP contribution in [0.4, 0.5) is 5.95 Å². The lowest BCUT2D eigenvalue weighted by Gasteiger charge is -2.26. The highest BCUT2D eigenvalue weighted by Crippen LogP contribution is 2.19. The molecular formula is C15H15N5O3. The van der Waals surface area contributed by atoms with Gasteiger partial charge in [0.1, 0.15) is 5.75 Å². The number of nitrogens with one attached hydrogen (secondary N) is 1. The fraction of sp³-hybridized carbons (Fsp3) is 0.333. The van der Waals surface area contributed by atoms with Crippen LogP contribution in [0.2, 0.25) is 0 Å². The number of methoxy groups -OCH3 is 1. The Morgan fingerprint density at radius 1 is 1.17 bits per heavy atom. The van der Waals surface area contributed by atoms with Crippen molar-refractivity contribution in [3.8, 4) is 5.75 Å². The number of hydrogen-bond acceptors (Lipinski definition) is 7. The zero-order valence-corrected chi connectivity index (χ0v) is 12.6. The zero-order chi connectivity index (χ0) is 15.8. The van der Waals surface area contributed by atoms with Crippen molar-refractivity contribution in [2.45, 2.75) is 0 Å². The van der Waals surface area contributed by atoms with Crippen LogP contribution in [-0.2, 0) is 4.74 Å². The zero-order valence-electron chi connectivity index (χ0n) is 12.6. The van der Waals surface area contributed by atoms with Crippen LogP contribution >= 0.6 is 0 Å². The van der Waals surface area contributed by atoms with E-state index in [2.05, 4.69) is 19.9 Å². The minimum atomic E-state index is -0.297. The highest BCUT2D eigenvalue weighted by molar-refractivity contribution is 5.85. The van der Waals surface area contributed by atoms with E-state index >= 15 is 0 Å². The smallest absolute Gasteiger partial charge is 0.280 e. The van der Waals surface area contributed by atoms with E-state index in [0.717, 1.165) is 0 Å². The second-order valence-corrected chi connectivity index (χ2v) is 5.24. The molecule has 0 saturated carbocycles. The van der Waals surface area contributed by atoms with Gasteiger partial charge in [-0.05, 0) is 12.1 Å². The number of benzene rings is 1. The highest BCUT2D eigenvalue weighted by Gasteiger charge is 2.16. The molecule has 0 bridgehead atoms. The number of aromatic nitrogens is 4. The van der Waals surface area contributed by atoms with Crippen LogP contribution in [0, 0.1) is 0 Å². The minimum Gasteiger partial charge on any atom is -0.497 e. The lowest BCUT2D eigenvalue weighted by atomic mass is 10.3. The number of ether oxygens (including phenoxy) is 2. The summed E-state index contributed by atoms with van der Waals surface area (Å²) in [5.74, 6) is 1.17. The molecule has 0 radical (unpaired) electrons. The highest BCUT2D eigenvalue weighted by atomic mass is 16.5. The Morgan fingerprint density at radius 3 is 2.78 bits per heavy atom. The maximum atomic E-state index is 12.4. The van der Waals surface area contributed by atoms with Crippen molar-refractivity contribution >= 4 is 28.1 Å². The van der Waals surface area contributed by atoms with Gasteiger partial charge in [-0.1, -0.05) is 0 Å². The van der Waals surface area contributed by atoms with Crippen LogP contribution in [0.3, 0.4) is 0 Å². The van der Waals surface area contributed by atoms with Gasteiger partial charge in [0, 0.05) is 19.2 Å². The molecule has 1 aromatic carbocycles. The maximum Gasteiger partial charge on any atom is 0.280 e. The second-order valence-electron chi connectivity index (χ2n) is 5.24. The van der Waals surface area contributed by atoms with Crippen molar-refractivity contribution in [2.24, 2.45) is 0 Å². The van der Waals surface area contributed by atoms with Crippen LogP contribution in [0.5, 0.6) is 5.75 Å². The van der Waals surface area contributed by atoms with Gasteiger partial charge in [0.05, 0.1) is 31.4 Å². The number of aromatic amines is 1. The Morgan fingerprint density at radius 2 is 2.00 bits per heavy atom. The summed E-state index contributed by atoms with van der Waals surface area (Å²) < 4.78 is 10.5. The van der Waals surface area contributed by atoms with Crippen molar-refractivity contribution in [3.63, 3.8) is 0 Å². The van der Waals surface area contributed by atoms with Gasteiger partial charge in [0.2, 0.25) is 5.95 Å². The number of morpholine rings is 1. The number of rotatable bonds is 2. The average molecular weight is 313 g/mol. The first-order valence-electron chi connectivity index (χ1n) is 7.33. The van der Waals surface area contributed by atoms with Crippen LogP contribution < -0.4 is 15.2 Å². The first kappa shape index (κ1) is 13.9. The Hall–Kier alpha value is -2.74. The van der Waals surface area contributed by atoms with Crippen LogP contribution in [0.25, 0.3) is 22.2 Å². The number of anilines is 1. The van der Waals surface area contributed by atoms with Crippen molar-refractivity contribution < 1.29 is 9.47 Å². The maximum absolute atomic E-state index is 12.4. The van der Waals surface area contributed by atoms with Gasteiger partial charge in [-0.15, -0.1) is 0 Å². The summed E-state index contributed by atoms with van der Waals surface area (Å²) in [6.07, 6.45) is 0. The third-order valence-corrected chi connectivity index (χ3v) is 3.82. The van der Waals surface area contributed by atoms with Crippen molar-refractivity contribution in [3.05, 3.63) is 28.6 Å². The van der Waals surface area contributed by atoms with E-state index in [-0.39, 0.29) is 11.1 Å². The Kier molecular flexibility index (Phi) is 3.30. The summed E-state index contributed by atoms with van der Waals surface area (Å²) in [5.41, 5.74) is 1.54. The van der Waals surface area contributed by atoms with Gasteiger partial charge in [-0.25, -0.2) is 9.97 Å². The summed E-state index contributed by atoms with van der Waals surface area (Å²) in [6.45, 7) is 2.61. The van der Waals surface area contributed by atoms with Crippen molar-refractivity contribution in [2.75, 3.05) is 38.3 Å². The van der Waals surface area contributed by atoms with Gasteiger partial charge >= 0.3 is 0 Å². The molecule has 8 heteroatoms. The molecule has 1 saturated heterocycles. The molecule has 118 valence electrons. The molecule has 1 N–H and O–H groups in total. The second kappa shape index (κ2) is 5.47. The molecule has 0 unspecified atom stereocenters. The van der Waals surface area contributed by atoms with Gasteiger partial charge in [0.15, 0.2) is 11.2 Å². The number of H-pyrrole nitrogens is 1. The molecule has 4 rings (SSSR count). The molecular weight excluding hydrogens is 298 g/mol. The summed E-state index contributed by atoms with van der Waals surface area (Å²) in [4.78, 5) is 30.4. The van der Waals surface area contributed by atoms with E-state index in [4.69, 9.17) is 9.47 Å². The predicted octanol–water partition coefficient (Wildman–Crippen LogP) is 0.711. The normalized spacial score (nSPS) is 15.3. The first-order chi connectivity index (χ1) is 11.2. The minimum absolute atomic E-state index is 0.225. The van der Waals surface area contributed by atoms with E-state index in [1.54, 1.807) is 25.3 Å². The van der Waals surface area contributed by atoms with E-state index in [1.807, 2.05) is 4.90 Å². The Balaban J connectivity index is 1.88. The molecule has 23 heavy (non-hydrogen) atoms. The van der Waals surface area contributed by atoms with Gasteiger partial charge < -0.3 is 14.4 Å². The third kappa shape index (κ3) is 2.46. The lowest BCUT2D eigenvalue weighted by molar-refractivity contribution is 0.122. The summed E-state index contributed by atoms with van der Waals surface area (Å²) in [5, 5.41) is 0. The van der Waals surface area contributed by atoms with Gasteiger partial charge in [-0.3, -0.25) is 9.78 Å². The number of fused-ring (bicyclic) bond motifs is 2. The van der Waals surface area contributed by atoms with Crippen LogP contribution in [0.1, 0.15) is 0 Å². The molecule has 1 aliphatic heterocycles. The third-order valence-electron chi connectivity index (χ3n) is 3.82. The molecule has 0 atom stereocenters. The largest absolute Gasteiger partial charge is 0.497 e. The summed E-state index contributed by atoms with van der Waals surface area (Å²) in [7, 11) is 1.58. The van der Waals surface area contributed by atoms with Crippen molar-refractivity contribution in [1.29, 1.82) is 0 Å². The number of nitrogens with zero attached hydrogens (tertiary/aromatic N) is 4. The molecule has 0 aliphatic carbocycles. The molecule has 2 aromatic heterocycles. The quantitative estimate of drug-likeness (QED) is 0.696. The molecule has 8 nitrogen and oxygen atoms in total. The average Bonchev–Trinajstić information content (AvgIpc) is 2.60. The standard InChI is InChI=1S/C15H15N5O3/c1-22-9-2-3-10-11(8-9)16-12-13(17-10)18-15(19-14(12)21)20-4-6-23-7-5-20/h2-3,8H,4-7H2,1H3,(H,17,18,19,21). The topological polar surface area (TPSA) is 93.2 Å². The Bertz CT molecular complexity index is 933. The molecule has 1 aliphatic rings. The predicted molar refractivity (Wildman–Crippen MR) is 85.0 cm³/mol. The fourth-order valence-corrected chi connectivity index (χ4v) is 2.60. The first-order valence-corrected chi connectivity index (χ1v) is 7.33. The van der Waals surface area contributed by atoms with E-state index < -0.39 is 0 Å². The molecule has 1 fully saturated rings. The monoisotopic (exact) mass is 313 g/mol. The van der Waals surface area contributed by atoms with E-state index in [0.29, 0.717) is 54.7 Å². The van der Waals surface area contributed by atoms with Crippen LogP contribution in [0.15, 0.2) is 23.0 Å². The SMILES string of the molecule is COc1ccc2nc3nc(N4CCOCC4)[nH]c(=O)c3nc2c1. The summed E-state index contributed by atoms with van der Waals surface area (Å²) >= 11 is 0. The van der Waals surface area contributed by atoms with Crippen molar-refractivity contribution in [1.82, 2.24) is 19.9 Å². The summed E-state index contributed by atoms with van der Waals surface area (Å²) in [6, 6.07) is 5.36. The molecule has 0 amide bonds. The lowest BCUT2D eigenvalue weighted by Crippen LogP contribution is -2.38. The molecule has 3 heterocycles. The molecule has 3 aromatic rings. The van der Waals surface area contributed by atoms with Gasteiger partial charge in [0.25, 0.3) is 5.56 Å². The fourth-order valence-electron chi connectivity index (χ4n) is 2.60. The number of hydrogen-bond donors (Lipinski definition) is 1. The van der Waals surface area contributed by atoms with E-state index in [1.165, 1.54) is 0 Å². The Labute approximate surface area is 131 Å². The van der Waals surface area contributed by atoms with Crippen LogP contribution in [-0.4, -0.2) is 53.3 Å². The molecule has 0 spiro atoms.